The normalized spacial score (nSPS) is 18.6. The maximum Gasteiger partial charge on any atom is 0.0384 e. The molecule has 0 aromatic rings. The van der Waals surface area contributed by atoms with E-state index in [4.69, 9.17) is 0 Å². The predicted octanol–water partition coefficient (Wildman–Crippen LogP) is 2.28. The average Bonchev–Trinajstić information content (AvgIpc) is 2.26. The van der Waals surface area contributed by atoms with Crippen molar-refractivity contribution in [3.8, 4) is 0 Å². The minimum atomic E-state index is 1.01. The SMILES string of the molecule is CC=C1C=CC=C(CN(CC)CC)N1. The van der Waals surface area contributed by atoms with Crippen LogP contribution in [-0.4, -0.2) is 24.5 Å². The van der Waals surface area contributed by atoms with Crippen molar-refractivity contribution in [1.82, 2.24) is 10.2 Å². The number of hydrogen-bond donors (Lipinski definition) is 1. The predicted molar refractivity (Wildman–Crippen MR) is 61.9 cm³/mol. The van der Waals surface area contributed by atoms with Gasteiger partial charge in [0.15, 0.2) is 0 Å². The van der Waals surface area contributed by atoms with E-state index in [2.05, 4.69) is 48.4 Å². The molecule has 1 rings (SSSR count). The molecule has 0 saturated carbocycles. The van der Waals surface area contributed by atoms with Gasteiger partial charge in [0.25, 0.3) is 0 Å². The molecule has 78 valence electrons. The molecule has 0 atom stereocenters. The average molecular weight is 192 g/mol. The van der Waals surface area contributed by atoms with Crippen molar-refractivity contribution in [3.05, 3.63) is 35.7 Å². The molecule has 0 aliphatic carbocycles. The molecule has 0 saturated heterocycles. The van der Waals surface area contributed by atoms with Gasteiger partial charge in [-0.05, 0) is 32.2 Å². The Hall–Kier alpha value is -1.02. The molecule has 1 heterocycles. The van der Waals surface area contributed by atoms with Gasteiger partial charge in [-0.15, -0.1) is 0 Å². The van der Waals surface area contributed by atoms with Crippen molar-refractivity contribution in [2.75, 3.05) is 19.6 Å². The van der Waals surface area contributed by atoms with E-state index in [1.165, 1.54) is 11.4 Å². The molecule has 0 fully saturated rings. The van der Waals surface area contributed by atoms with Crippen LogP contribution in [0.5, 0.6) is 0 Å². The minimum Gasteiger partial charge on any atom is -0.358 e. The molecule has 0 bridgehead atoms. The Morgan fingerprint density at radius 3 is 2.64 bits per heavy atom. The fourth-order valence-corrected chi connectivity index (χ4v) is 1.49. The van der Waals surface area contributed by atoms with Crippen LogP contribution in [0.4, 0.5) is 0 Å². The lowest BCUT2D eigenvalue weighted by Gasteiger charge is -2.22. The highest BCUT2D eigenvalue weighted by Crippen LogP contribution is 2.06. The summed E-state index contributed by atoms with van der Waals surface area (Å²) in [6, 6.07) is 0. The third-order valence-corrected chi connectivity index (χ3v) is 2.48. The number of dihydropyridines is 1. The standard InChI is InChI=1S/C12H20N2/c1-4-11-8-7-9-12(13-11)10-14(5-2)6-3/h4,7-9,13H,5-6,10H2,1-3H3. The van der Waals surface area contributed by atoms with Crippen molar-refractivity contribution in [2.24, 2.45) is 0 Å². The van der Waals surface area contributed by atoms with E-state index >= 15 is 0 Å². The fourth-order valence-electron chi connectivity index (χ4n) is 1.49. The number of allylic oxidation sites excluding steroid dienone is 4. The highest BCUT2D eigenvalue weighted by Gasteiger charge is 2.05. The van der Waals surface area contributed by atoms with Crippen molar-refractivity contribution in [3.63, 3.8) is 0 Å². The molecule has 14 heavy (non-hydrogen) atoms. The van der Waals surface area contributed by atoms with Gasteiger partial charge in [0, 0.05) is 17.9 Å². The zero-order chi connectivity index (χ0) is 10.4. The van der Waals surface area contributed by atoms with E-state index in [9.17, 15) is 0 Å². The third-order valence-electron chi connectivity index (χ3n) is 2.48. The third kappa shape index (κ3) is 3.04. The summed E-state index contributed by atoms with van der Waals surface area (Å²) in [6.45, 7) is 9.65. The Morgan fingerprint density at radius 1 is 1.36 bits per heavy atom. The zero-order valence-electron chi connectivity index (χ0n) is 9.38. The Morgan fingerprint density at radius 2 is 2.07 bits per heavy atom. The molecule has 0 aromatic heterocycles. The van der Waals surface area contributed by atoms with Crippen LogP contribution in [0.25, 0.3) is 0 Å². The number of likely N-dealkylation sites (N-methyl/N-ethyl adjacent to an activating group) is 1. The number of hydrogen-bond acceptors (Lipinski definition) is 2. The van der Waals surface area contributed by atoms with Gasteiger partial charge in [0.1, 0.15) is 0 Å². The molecule has 1 N–H and O–H groups in total. The first-order chi connectivity index (χ1) is 6.80. The molecular weight excluding hydrogens is 172 g/mol. The molecule has 0 radical (unpaired) electrons. The summed E-state index contributed by atoms with van der Waals surface area (Å²) < 4.78 is 0. The summed E-state index contributed by atoms with van der Waals surface area (Å²) in [4.78, 5) is 2.39. The molecule has 2 heteroatoms. The van der Waals surface area contributed by atoms with Gasteiger partial charge in [0.05, 0.1) is 0 Å². The van der Waals surface area contributed by atoms with E-state index in [1.54, 1.807) is 0 Å². The van der Waals surface area contributed by atoms with E-state index in [0.29, 0.717) is 0 Å². The summed E-state index contributed by atoms with van der Waals surface area (Å²) in [7, 11) is 0. The number of rotatable bonds is 4. The van der Waals surface area contributed by atoms with Crippen molar-refractivity contribution in [1.29, 1.82) is 0 Å². The van der Waals surface area contributed by atoms with Gasteiger partial charge in [-0.3, -0.25) is 4.90 Å². The monoisotopic (exact) mass is 192 g/mol. The van der Waals surface area contributed by atoms with Crippen LogP contribution < -0.4 is 5.32 Å². The summed E-state index contributed by atoms with van der Waals surface area (Å²) >= 11 is 0. The quantitative estimate of drug-likeness (QED) is 0.735. The van der Waals surface area contributed by atoms with Gasteiger partial charge in [-0.2, -0.15) is 0 Å². The summed E-state index contributed by atoms with van der Waals surface area (Å²) in [5, 5.41) is 3.40. The summed E-state index contributed by atoms with van der Waals surface area (Å²) in [5.41, 5.74) is 2.47. The smallest absolute Gasteiger partial charge is 0.0384 e. The van der Waals surface area contributed by atoms with Gasteiger partial charge >= 0.3 is 0 Å². The largest absolute Gasteiger partial charge is 0.358 e. The first-order valence-corrected chi connectivity index (χ1v) is 5.33. The summed E-state index contributed by atoms with van der Waals surface area (Å²) in [5.74, 6) is 0. The lowest BCUT2D eigenvalue weighted by molar-refractivity contribution is 0.325. The van der Waals surface area contributed by atoms with Crippen molar-refractivity contribution in [2.45, 2.75) is 20.8 Å². The van der Waals surface area contributed by atoms with Gasteiger partial charge in [-0.25, -0.2) is 0 Å². The minimum absolute atomic E-state index is 1.01. The Balaban J connectivity index is 2.53. The highest BCUT2D eigenvalue weighted by atomic mass is 15.1. The van der Waals surface area contributed by atoms with Gasteiger partial charge in [-0.1, -0.05) is 26.0 Å². The maximum absolute atomic E-state index is 3.40. The summed E-state index contributed by atoms with van der Waals surface area (Å²) in [6.07, 6.45) is 8.42. The van der Waals surface area contributed by atoms with E-state index in [-0.39, 0.29) is 0 Å². The lowest BCUT2D eigenvalue weighted by Crippen LogP contribution is -2.30. The van der Waals surface area contributed by atoms with E-state index in [0.717, 1.165) is 19.6 Å². The second-order valence-electron chi connectivity index (χ2n) is 3.38. The van der Waals surface area contributed by atoms with Crippen LogP contribution in [0.3, 0.4) is 0 Å². The lowest BCUT2D eigenvalue weighted by atomic mass is 10.2. The fraction of sp³-hybridized carbons (Fsp3) is 0.500. The first-order valence-electron chi connectivity index (χ1n) is 5.33. The Labute approximate surface area is 87.0 Å². The number of nitrogens with one attached hydrogen (secondary N) is 1. The Bertz CT molecular complexity index is 257. The van der Waals surface area contributed by atoms with E-state index < -0.39 is 0 Å². The van der Waals surface area contributed by atoms with Gasteiger partial charge in [0.2, 0.25) is 0 Å². The molecule has 1 aliphatic rings. The van der Waals surface area contributed by atoms with Crippen LogP contribution in [0.1, 0.15) is 20.8 Å². The second-order valence-corrected chi connectivity index (χ2v) is 3.38. The zero-order valence-corrected chi connectivity index (χ0v) is 9.38. The molecule has 1 aliphatic heterocycles. The molecule has 2 nitrogen and oxygen atoms in total. The molecule has 0 amide bonds. The molecule has 0 spiro atoms. The van der Waals surface area contributed by atoms with Crippen molar-refractivity contribution >= 4 is 0 Å². The maximum atomic E-state index is 3.40. The van der Waals surface area contributed by atoms with Crippen LogP contribution in [0, 0.1) is 0 Å². The topological polar surface area (TPSA) is 15.3 Å². The van der Waals surface area contributed by atoms with Crippen LogP contribution in [-0.2, 0) is 0 Å². The molecule has 0 aromatic carbocycles. The molecular formula is C12H20N2. The van der Waals surface area contributed by atoms with E-state index in [1.807, 2.05) is 6.92 Å². The number of nitrogens with zero attached hydrogens (tertiary/aromatic N) is 1. The van der Waals surface area contributed by atoms with Crippen LogP contribution >= 0.6 is 0 Å². The second kappa shape index (κ2) is 5.66. The highest BCUT2D eigenvalue weighted by molar-refractivity contribution is 5.31. The molecule has 0 unspecified atom stereocenters. The van der Waals surface area contributed by atoms with Crippen LogP contribution in [0.15, 0.2) is 35.7 Å². The van der Waals surface area contributed by atoms with Crippen LogP contribution in [0.2, 0.25) is 0 Å². The Kier molecular flexibility index (Phi) is 4.47. The van der Waals surface area contributed by atoms with Gasteiger partial charge < -0.3 is 5.32 Å². The van der Waals surface area contributed by atoms with Crippen molar-refractivity contribution < 1.29 is 0 Å². The first kappa shape index (κ1) is 11.1.